The molecule has 0 amide bonds. The number of hydrogen-bond acceptors (Lipinski definition) is 4. The van der Waals surface area contributed by atoms with Gasteiger partial charge in [-0.3, -0.25) is 4.98 Å². The average molecular weight is 283 g/mol. The van der Waals surface area contributed by atoms with Crippen molar-refractivity contribution in [2.24, 2.45) is 11.7 Å². The van der Waals surface area contributed by atoms with Crippen LogP contribution in [-0.4, -0.2) is 19.4 Å². The minimum Gasteiger partial charge on any atom is -0.325 e. The highest BCUT2D eigenvalue weighted by Gasteiger charge is 2.26. The van der Waals surface area contributed by atoms with Crippen molar-refractivity contribution in [3.05, 3.63) is 24.0 Å². The number of sulfonamides is 1. The minimum atomic E-state index is -3.52. The van der Waals surface area contributed by atoms with Crippen LogP contribution in [0.1, 0.15) is 38.3 Å². The van der Waals surface area contributed by atoms with Crippen LogP contribution >= 0.6 is 0 Å². The molecule has 106 valence electrons. The number of hydrogen-bond donors (Lipinski definition) is 2. The SMILES string of the molecule is CC1CCCC(NS(=O)(=O)c2cccnc2CN)C1. The third-order valence-electron chi connectivity index (χ3n) is 3.59. The molecule has 0 radical (unpaired) electrons. The summed E-state index contributed by atoms with van der Waals surface area (Å²) in [6, 6.07) is 3.21. The Morgan fingerprint density at radius 3 is 2.95 bits per heavy atom. The number of aromatic nitrogens is 1. The van der Waals surface area contributed by atoms with Crippen LogP contribution in [0.15, 0.2) is 23.2 Å². The third kappa shape index (κ3) is 3.52. The van der Waals surface area contributed by atoms with Gasteiger partial charge < -0.3 is 5.73 Å². The van der Waals surface area contributed by atoms with Gasteiger partial charge in [0.05, 0.1) is 5.69 Å². The molecule has 1 saturated carbocycles. The molecule has 0 spiro atoms. The first-order chi connectivity index (χ1) is 9.03. The monoisotopic (exact) mass is 283 g/mol. The van der Waals surface area contributed by atoms with Gasteiger partial charge in [-0.05, 0) is 30.9 Å². The summed E-state index contributed by atoms with van der Waals surface area (Å²) in [6.45, 7) is 2.29. The lowest BCUT2D eigenvalue weighted by molar-refractivity contribution is 0.327. The fourth-order valence-corrected chi connectivity index (χ4v) is 4.13. The quantitative estimate of drug-likeness (QED) is 0.874. The van der Waals surface area contributed by atoms with E-state index in [2.05, 4.69) is 16.6 Å². The van der Waals surface area contributed by atoms with Crippen LogP contribution in [-0.2, 0) is 16.6 Å². The van der Waals surface area contributed by atoms with Gasteiger partial charge in [0, 0.05) is 18.8 Å². The van der Waals surface area contributed by atoms with Gasteiger partial charge in [-0.1, -0.05) is 19.8 Å². The molecule has 2 rings (SSSR count). The highest BCUT2D eigenvalue weighted by molar-refractivity contribution is 7.89. The second kappa shape index (κ2) is 5.98. The lowest BCUT2D eigenvalue weighted by Crippen LogP contribution is -2.38. The van der Waals surface area contributed by atoms with E-state index < -0.39 is 10.0 Å². The first-order valence-electron chi connectivity index (χ1n) is 6.69. The molecule has 1 aromatic heterocycles. The molecule has 2 unspecified atom stereocenters. The van der Waals surface area contributed by atoms with Crippen LogP contribution in [0.4, 0.5) is 0 Å². The van der Waals surface area contributed by atoms with Crippen LogP contribution < -0.4 is 10.5 Å². The van der Waals surface area contributed by atoms with E-state index in [1.807, 2.05) is 0 Å². The molecule has 19 heavy (non-hydrogen) atoms. The molecule has 3 N–H and O–H groups in total. The van der Waals surface area contributed by atoms with Crippen LogP contribution in [0.2, 0.25) is 0 Å². The number of nitrogens with two attached hydrogens (primary N) is 1. The van der Waals surface area contributed by atoms with E-state index in [1.54, 1.807) is 18.3 Å². The molecule has 1 heterocycles. The Kier molecular flexibility index (Phi) is 4.54. The lowest BCUT2D eigenvalue weighted by Gasteiger charge is -2.27. The summed E-state index contributed by atoms with van der Waals surface area (Å²) in [5.74, 6) is 0.573. The van der Waals surface area contributed by atoms with E-state index in [0.29, 0.717) is 11.6 Å². The number of nitrogens with one attached hydrogen (secondary N) is 1. The summed E-state index contributed by atoms with van der Waals surface area (Å²) in [6.07, 6.45) is 5.62. The normalized spacial score (nSPS) is 24.3. The first kappa shape index (κ1) is 14.4. The van der Waals surface area contributed by atoms with Crippen molar-refractivity contribution in [2.45, 2.75) is 50.1 Å². The number of nitrogens with zero attached hydrogens (tertiary/aromatic N) is 1. The smallest absolute Gasteiger partial charge is 0.242 e. The molecule has 1 aliphatic rings. The van der Waals surface area contributed by atoms with Crippen LogP contribution in [0.3, 0.4) is 0 Å². The maximum absolute atomic E-state index is 12.4. The van der Waals surface area contributed by atoms with E-state index in [1.165, 1.54) is 6.42 Å². The molecule has 1 aromatic rings. The Morgan fingerprint density at radius 2 is 2.26 bits per heavy atom. The van der Waals surface area contributed by atoms with Gasteiger partial charge in [0.1, 0.15) is 4.90 Å². The van der Waals surface area contributed by atoms with Gasteiger partial charge in [0.15, 0.2) is 0 Å². The lowest BCUT2D eigenvalue weighted by atomic mass is 9.88. The zero-order valence-corrected chi connectivity index (χ0v) is 12.0. The van der Waals surface area contributed by atoms with E-state index in [9.17, 15) is 8.42 Å². The molecule has 0 aliphatic heterocycles. The first-order valence-corrected chi connectivity index (χ1v) is 8.17. The summed E-state index contributed by atoms with van der Waals surface area (Å²) in [4.78, 5) is 4.23. The van der Waals surface area contributed by atoms with Crippen molar-refractivity contribution in [3.8, 4) is 0 Å². The fraction of sp³-hybridized carbons (Fsp3) is 0.615. The Balaban J connectivity index is 2.18. The Bertz CT molecular complexity index is 530. The molecule has 5 nitrogen and oxygen atoms in total. The molecular weight excluding hydrogens is 262 g/mol. The van der Waals surface area contributed by atoms with Crippen molar-refractivity contribution in [3.63, 3.8) is 0 Å². The summed E-state index contributed by atoms with van der Waals surface area (Å²) in [7, 11) is -3.52. The average Bonchev–Trinajstić information content (AvgIpc) is 2.38. The van der Waals surface area contributed by atoms with E-state index in [4.69, 9.17) is 5.73 Å². The maximum Gasteiger partial charge on any atom is 0.242 e. The van der Waals surface area contributed by atoms with E-state index in [0.717, 1.165) is 19.3 Å². The van der Waals surface area contributed by atoms with Gasteiger partial charge in [0.25, 0.3) is 0 Å². The van der Waals surface area contributed by atoms with Crippen molar-refractivity contribution in [2.75, 3.05) is 0 Å². The largest absolute Gasteiger partial charge is 0.325 e. The zero-order valence-electron chi connectivity index (χ0n) is 11.2. The van der Waals surface area contributed by atoms with Gasteiger partial charge in [-0.2, -0.15) is 0 Å². The zero-order chi connectivity index (χ0) is 13.9. The molecule has 1 fully saturated rings. The third-order valence-corrected chi connectivity index (χ3v) is 5.18. The summed E-state index contributed by atoms with van der Waals surface area (Å²) in [5, 5.41) is 0. The van der Waals surface area contributed by atoms with E-state index in [-0.39, 0.29) is 17.5 Å². The molecule has 1 aliphatic carbocycles. The predicted molar refractivity (Wildman–Crippen MR) is 73.9 cm³/mol. The number of pyridine rings is 1. The summed E-state index contributed by atoms with van der Waals surface area (Å²) >= 11 is 0. The summed E-state index contributed by atoms with van der Waals surface area (Å²) < 4.78 is 27.6. The highest BCUT2D eigenvalue weighted by atomic mass is 32.2. The maximum atomic E-state index is 12.4. The Hall–Kier alpha value is -0.980. The second-order valence-corrected chi connectivity index (χ2v) is 6.92. The minimum absolute atomic E-state index is 0.0274. The summed E-state index contributed by atoms with van der Waals surface area (Å²) in [5.41, 5.74) is 5.96. The molecule has 0 aromatic carbocycles. The van der Waals surface area contributed by atoms with Crippen LogP contribution in [0.5, 0.6) is 0 Å². The Labute approximate surface area is 114 Å². The van der Waals surface area contributed by atoms with Crippen molar-refractivity contribution in [1.29, 1.82) is 0 Å². The van der Waals surface area contributed by atoms with Crippen LogP contribution in [0, 0.1) is 5.92 Å². The van der Waals surface area contributed by atoms with Crippen LogP contribution in [0.25, 0.3) is 0 Å². The van der Waals surface area contributed by atoms with Gasteiger partial charge >= 0.3 is 0 Å². The van der Waals surface area contributed by atoms with Gasteiger partial charge in [-0.25, -0.2) is 13.1 Å². The molecule has 2 atom stereocenters. The van der Waals surface area contributed by atoms with Gasteiger partial charge in [0.2, 0.25) is 10.0 Å². The fourth-order valence-electron chi connectivity index (χ4n) is 2.65. The predicted octanol–water partition coefficient (Wildman–Crippen LogP) is 1.40. The molecular formula is C13H21N3O2S. The van der Waals surface area contributed by atoms with Crippen molar-refractivity contribution >= 4 is 10.0 Å². The van der Waals surface area contributed by atoms with Crippen molar-refractivity contribution < 1.29 is 8.42 Å². The molecule has 0 bridgehead atoms. The van der Waals surface area contributed by atoms with Gasteiger partial charge in [-0.15, -0.1) is 0 Å². The Morgan fingerprint density at radius 1 is 1.47 bits per heavy atom. The standard InChI is InChI=1S/C13H21N3O2S/c1-10-4-2-5-11(8-10)16-19(17,18)13-6-3-7-15-12(13)9-14/h3,6-7,10-11,16H,2,4-5,8-9,14H2,1H3. The topological polar surface area (TPSA) is 85.1 Å². The van der Waals surface area contributed by atoms with E-state index >= 15 is 0 Å². The molecule has 6 heteroatoms. The number of rotatable bonds is 4. The van der Waals surface area contributed by atoms with Crippen molar-refractivity contribution in [1.82, 2.24) is 9.71 Å². The highest BCUT2D eigenvalue weighted by Crippen LogP contribution is 2.25. The second-order valence-electron chi connectivity index (χ2n) is 5.24. The molecule has 0 saturated heterocycles.